The van der Waals surface area contributed by atoms with Crippen LogP contribution in [0.2, 0.25) is 0 Å². The molecular weight excluding hydrogens is 382 g/mol. The Morgan fingerprint density at radius 1 is 0.774 bits per heavy atom. The highest BCUT2D eigenvalue weighted by Gasteiger charge is 2.20. The van der Waals surface area contributed by atoms with Crippen molar-refractivity contribution < 1.29 is 9.53 Å². The van der Waals surface area contributed by atoms with Gasteiger partial charge in [-0.05, 0) is 31.4 Å². The Labute approximate surface area is 187 Å². The Kier molecular flexibility index (Phi) is 10.6. The van der Waals surface area contributed by atoms with E-state index in [1.54, 1.807) is 0 Å². The summed E-state index contributed by atoms with van der Waals surface area (Å²) in [6.45, 7) is 6.61. The molecule has 0 saturated heterocycles. The van der Waals surface area contributed by atoms with Gasteiger partial charge in [0.15, 0.2) is 0 Å². The van der Waals surface area contributed by atoms with Gasteiger partial charge in [0, 0.05) is 5.57 Å². The average Bonchev–Trinajstić information content (AvgIpc) is 2.78. The summed E-state index contributed by atoms with van der Waals surface area (Å²) >= 11 is 0. The van der Waals surface area contributed by atoms with Gasteiger partial charge >= 0.3 is 5.97 Å². The minimum absolute atomic E-state index is 0.0623. The van der Waals surface area contributed by atoms with E-state index >= 15 is 0 Å². The monoisotopic (exact) mass is 417 g/mol. The third-order valence-corrected chi connectivity index (χ3v) is 5.48. The Morgan fingerprint density at radius 2 is 1.23 bits per heavy atom. The van der Waals surface area contributed by atoms with Crippen molar-refractivity contribution in [1.82, 2.24) is 0 Å². The molecule has 3 heteroatoms. The lowest BCUT2D eigenvalue weighted by molar-refractivity contribution is -0.138. The van der Waals surface area contributed by atoms with Crippen molar-refractivity contribution in [3.8, 4) is 6.07 Å². The number of carbonyl (C=O) groups is 1. The zero-order chi connectivity index (χ0) is 22.5. The molecule has 2 aromatic rings. The number of ether oxygens (including phenoxy) is 1. The molecule has 0 amide bonds. The predicted molar refractivity (Wildman–Crippen MR) is 128 cm³/mol. The SMILES string of the molecule is CCCCCCCCCCOC(=O)C(C#N)=C(c1ccc(C)cc1)c1ccc(C)cc1. The molecule has 0 radical (unpaired) electrons. The van der Waals surface area contributed by atoms with E-state index in [4.69, 9.17) is 4.74 Å². The summed E-state index contributed by atoms with van der Waals surface area (Å²) in [5, 5.41) is 9.83. The van der Waals surface area contributed by atoms with E-state index in [-0.39, 0.29) is 5.57 Å². The van der Waals surface area contributed by atoms with E-state index in [1.165, 1.54) is 38.5 Å². The summed E-state index contributed by atoms with van der Waals surface area (Å²) in [6.07, 6.45) is 9.45. The number of hydrogen-bond donors (Lipinski definition) is 0. The van der Waals surface area contributed by atoms with Gasteiger partial charge in [0.25, 0.3) is 0 Å². The molecule has 0 aliphatic carbocycles. The summed E-state index contributed by atoms with van der Waals surface area (Å²) in [5.74, 6) is -0.540. The van der Waals surface area contributed by atoms with Crippen molar-refractivity contribution in [3.05, 3.63) is 76.4 Å². The Hall–Kier alpha value is -2.86. The van der Waals surface area contributed by atoms with Crippen molar-refractivity contribution in [2.24, 2.45) is 0 Å². The molecule has 31 heavy (non-hydrogen) atoms. The van der Waals surface area contributed by atoms with Crippen LogP contribution in [0.1, 0.15) is 80.5 Å². The number of nitrogens with zero attached hydrogens (tertiary/aromatic N) is 1. The van der Waals surface area contributed by atoms with Gasteiger partial charge in [0.1, 0.15) is 11.6 Å². The first kappa shape index (κ1) is 24.4. The van der Waals surface area contributed by atoms with Crippen molar-refractivity contribution >= 4 is 11.5 Å². The van der Waals surface area contributed by atoms with Crippen LogP contribution in [0.25, 0.3) is 5.57 Å². The summed E-state index contributed by atoms with van der Waals surface area (Å²) in [7, 11) is 0. The molecule has 0 atom stereocenters. The molecule has 0 aromatic heterocycles. The molecular formula is C28H35NO2. The molecule has 0 aliphatic heterocycles. The molecule has 0 bridgehead atoms. The van der Waals surface area contributed by atoms with Gasteiger partial charge in [0.2, 0.25) is 0 Å². The second-order valence-electron chi connectivity index (χ2n) is 8.20. The fraction of sp³-hybridized carbons (Fsp3) is 0.429. The number of unbranched alkanes of at least 4 members (excludes halogenated alkanes) is 7. The normalized spacial score (nSPS) is 10.4. The number of nitriles is 1. The zero-order valence-electron chi connectivity index (χ0n) is 19.2. The van der Waals surface area contributed by atoms with Crippen LogP contribution in [-0.4, -0.2) is 12.6 Å². The van der Waals surface area contributed by atoms with E-state index in [0.717, 1.165) is 35.1 Å². The van der Waals surface area contributed by atoms with E-state index in [2.05, 4.69) is 13.0 Å². The van der Waals surface area contributed by atoms with Crippen molar-refractivity contribution in [2.45, 2.75) is 72.1 Å². The Balaban J connectivity index is 2.08. The smallest absolute Gasteiger partial charge is 0.349 e. The van der Waals surface area contributed by atoms with Crippen molar-refractivity contribution in [3.63, 3.8) is 0 Å². The van der Waals surface area contributed by atoms with E-state index in [0.29, 0.717) is 12.2 Å². The summed E-state index contributed by atoms with van der Waals surface area (Å²) in [6, 6.07) is 17.9. The lowest BCUT2D eigenvalue weighted by Crippen LogP contribution is -2.11. The highest BCUT2D eigenvalue weighted by atomic mass is 16.5. The molecule has 0 saturated carbocycles. The average molecular weight is 418 g/mol. The van der Waals surface area contributed by atoms with Crippen LogP contribution in [0.15, 0.2) is 54.1 Å². The van der Waals surface area contributed by atoms with Crippen LogP contribution in [0.5, 0.6) is 0 Å². The van der Waals surface area contributed by atoms with Crippen LogP contribution in [0.4, 0.5) is 0 Å². The molecule has 0 fully saturated rings. The van der Waals surface area contributed by atoms with Crippen LogP contribution < -0.4 is 0 Å². The van der Waals surface area contributed by atoms with Gasteiger partial charge in [-0.25, -0.2) is 4.79 Å². The van der Waals surface area contributed by atoms with Crippen molar-refractivity contribution in [1.29, 1.82) is 5.26 Å². The zero-order valence-corrected chi connectivity index (χ0v) is 19.2. The van der Waals surface area contributed by atoms with Gasteiger partial charge in [-0.3, -0.25) is 0 Å². The molecule has 0 N–H and O–H groups in total. The number of hydrogen-bond acceptors (Lipinski definition) is 3. The molecule has 164 valence electrons. The van der Waals surface area contributed by atoms with Crippen molar-refractivity contribution in [2.75, 3.05) is 6.61 Å². The third kappa shape index (κ3) is 8.06. The van der Waals surface area contributed by atoms with Gasteiger partial charge in [-0.2, -0.15) is 5.26 Å². The highest BCUT2D eigenvalue weighted by Crippen LogP contribution is 2.28. The third-order valence-electron chi connectivity index (χ3n) is 5.48. The second-order valence-corrected chi connectivity index (χ2v) is 8.20. The first-order valence-electron chi connectivity index (χ1n) is 11.5. The number of aryl methyl sites for hydroxylation is 2. The minimum Gasteiger partial charge on any atom is -0.462 e. The fourth-order valence-electron chi connectivity index (χ4n) is 3.57. The fourth-order valence-corrected chi connectivity index (χ4v) is 3.57. The van der Waals surface area contributed by atoms with Crippen LogP contribution in [-0.2, 0) is 9.53 Å². The topological polar surface area (TPSA) is 50.1 Å². The molecule has 2 aromatic carbocycles. The molecule has 0 heterocycles. The maximum atomic E-state index is 12.8. The second kappa shape index (κ2) is 13.4. The lowest BCUT2D eigenvalue weighted by Gasteiger charge is -2.12. The molecule has 0 aliphatic rings. The Morgan fingerprint density at radius 3 is 1.68 bits per heavy atom. The van der Waals surface area contributed by atoms with E-state index in [1.807, 2.05) is 62.4 Å². The number of esters is 1. The summed E-state index contributed by atoms with van der Waals surface area (Å²) in [5.41, 5.74) is 4.63. The summed E-state index contributed by atoms with van der Waals surface area (Å²) < 4.78 is 5.49. The minimum atomic E-state index is -0.540. The quantitative estimate of drug-likeness (QED) is 0.157. The Bertz CT molecular complexity index is 839. The number of benzene rings is 2. The van der Waals surface area contributed by atoms with Gasteiger partial charge in [-0.15, -0.1) is 0 Å². The number of rotatable bonds is 12. The van der Waals surface area contributed by atoms with Crippen LogP contribution in [0, 0.1) is 25.2 Å². The standard InChI is InChI=1S/C28H35NO2/c1-4-5-6-7-8-9-10-11-20-31-28(30)26(21-29)27(24-16-12-22(2)13-17-24)25-18-14-23(3)15-19-25/h12-19H,4-11,20H2,1-3H3. The molecule has 0 unspecified atom stereocenters. The van der Waals surface area contributed by atoms with Crippen LogP contribution in [0.3, 0.4) is 0 Å². The van der Waals surface area contributed by atoms with Gasteiger partial charge < -0.3 is 4.74 Å². The molecule has 0 spiro atoms. The van der Waals surface area contributed by atoms with Gasteiger partial charge in [-0.1, -0.05) is 112 Å². The van der Waals surface area contributed by atoms with E-state index in [9.17, 15) is 10.1 Å². The maximum absolute atomic E-state index is 12.8. The first-order chi connectivity index (χ1) is 15.1. The van der Waals surface area contributed by atoms with E-state index < -0.39 is 5.97 Å². The first-order valence-corrected chi connectivity index (χ1v) is 11.5. The predicted octanol–water partition coefficient (Wildman–Crippen LogP) is 7.31. The molecule has 2 rings (SSSR count). The largest absolute Gasteiger partial charge is 0.462 e. The maximum Gasteiger partial charge on any atom is 0.349 e. The highest BCUT2D eigenvalue weighted by molar-refractivity contribution is 6.05. The van der Waals surface area contributed by atoms with Crippen LogP contribution >= 0.6 is 0 Å². The van der Waals surface area contributed by atoms with Gasteiger partial charge in [0.05, 0.1) is 6.61 Å². The molecule has 3 nitrogen and oxygen atoms in total. The number of carbonyl (C=O) groups excluding carboxylic acids is 1. The lowest BCUT2D eigenvalue weighted by atomic mass is 9.92. The summed E-state index contributed by atoms with van der Waals surface area (Å²) in [4.78, 5) is 12.8.